The molecule has 2 heterocycles. The number of carbonyl (C=O) groups excluding carboxylic acids is 2. The van der Waals surface area contributed by atoms with Crippen LogP contribution in [0.5, 0.6) is 0 Å². The van der Waals surface area contributed by atoms with Gasteiger partial charge < -0.3 is 4.74 Å². The summed E-state index contributed by atoms with van der Waals surface area (Å²) in [7, 11) is 0. The lowest BCUT2D eigenvalue weighted by Gasteiger charge is -2.29. The Kier molecular flexibility index (Phi) is 4.21. The first kappa shape index (κ1) is 14.5. The third kappa shape index (κ3) is 3.08. The molecule has 3 rings (SSSR count). The summed E-state index contributed by atoms with van der Waals surface area (Å²) in [4.78, 5) is 25.8. The average molecular weight is 310 g/mol. The number of hydrazine groups is 1. The second kappa shape index (κ2) is 6.11. The lowest BCUT2D eigenvalue weighted by molar-refractivity contribution is -0.122. The number of hydrogen-bond acceptors (Lipinski definition) is 5. The van der Waals surface area contributed by atoms with Crippen molar-refractivity contribution in [3.8, 4) is 0 Å². The maximum absolute atomic E-state index is 12.4. The lowest BCUT2D eigenvalue weighted by atomic mass is 10.2. The fourth-order valence-corrected chi connectivity index (χ4v) is 2.63. The zero-order chi connectivity index (χ0) is 14.8. The molecule has 21 heavy (non-hydrogen) atoms. The van der Waals surface area contributed by atoms with Crippen LogP contribution < -0.4 is 10.3 Å². The second-order valence-electron chi connectivity index (χ2n) is 5.03. The Morgan fingerprint density at radius 2 is 1.81 bits per heavy atom. The number of nitrogens with zero attached hydrogens (tertiary/aromatic N) is 2. The molecule has 2 aliphatic rings. The number of morpholine rings is 1. The van der Waals surface area contributed by atoms with Crippen molar-refractivity contribution >= 4 is 29.1 Å². The molecule has 1 aromatic carbocycles. The molecule has 1 unspecified atom stereocenters. The molecule has 1 N–H and O–H groups in total. The molecule has 1 atom stereocenters. The number of rotatable bonds is 3. The van der Waals surface area contributed by atoms with Gasteiger partial charge in [0.2, 0.25) is 5.91 Å². The van der Waals surface area contributed by atoms with Crippen LogP contribution in [0.3, 0.4) is 0 Å². The predicted octanol–water partition coefficient (Wildman–Crippen LogP) is 0.809. The second-order valence-corrected chi connectivity index (χ2v) is 5.47. The maximum atomic E-state index is 12.4. The summed E-state index contributed by atoms with van der Waals surface area (Å²) >= 11 is 5.83. The van der Waals surface area contributed by atoms with Crippen LogP contribution in [0.15, 0.2) is 24.3 Å². The number of carbonyl (C=O) groups is 2. The molecule has 0 radical (unpaired) electrons. The third-order valence-corrected chi connectivity index (χ3v) is 3.83. The Morgan fingerprint density at radius 3 is 2.48 bits per heavy atom. The molecule has 2 amide bonds. The van der Waals surface area contributed by atoms with E-state index >= 15 is 0 Å². The molecule has 6 nitrogen and oxygen atoms in total. The summed E-state index contributed by atoms with van der Waals surface area (Å²) < 4.78 is 5.26. The Morgan fingerprint density at radius 1 is 1.14 bits per heavy atom. The van der Waals surface area contributed by atoms with Crippen LogP contribution in [0, 0.1) is 0 Å². The van der Waals surface area contributed by atoms with E-state index in [-0.39, 0.29) is 18.2 Å². The summed E-state index contributed by atoms with van der Waals surface area (Å²) in [5.41, 5.74) is 3.68. The van der Waals surface area contributed by atoms with Crippen molar-refractivity contribution in [2.24, 2.45) is 0 Å². The van der Waals surface area contributed by atoms with E-state index in [1.807, 2.05) is 5.01 Å². The third-order valence-electron chi connectivity index (χ3n) is 3.58. The quantitative estimate of drug-likeness (QED) is 0.837. The number of imide groups is 1. The predicted molar refractivity (Wildman–Crippen MR) is 77.9 cm³/mol. The van der Waals surface area contributed by atoms with Crippen molar-refractivity contribution in [3.63, 3.8) is 0 Å². The van der Waals surface area contributed by atoms with Gasteiger partial charge >= 0.3 is 0 Å². The van der Waals surface area contributed by atoms with E-state index in [1.165, 1.54) is 4.90 Å². The van der Waals surface area contributed by atoms with Gasteiger partial charge in [0.1, 0.15) is 6.04 Å². The molecule has 2 fully saturated rings. The minimum Gasteiger partial charge on any atom is -0.379 e. The van der Waals surface area contributed by atoms with Gasteiger partial charge in [-0.1, -0.05) is 11.6 Å². The van der Waals surface area contributed by atoms with E-state index < -0.39 is 6.04 Å². The Hall–Kier alpha value is -1.47. The average Bonchev–Trinajstić information content (AvgIpc) is 2.76. The van der Waals surface area contributed by atoms with Crippen LogP contribution in [-0.2, 0) is 14.3 Å². The first-order valence-corrected chi connectivity index (χ1v) is 7.24. The topological polar surface area (TPSA) is 61.9 Å². The van der Waals surface area contributed by atoms with Gasteiger partial charge in [-0.25, -0.2) is 15.3 Å². The van der Waals surface area contributed by atoms with Crippen molar-refractivity contribution in [1.29, 1.82) is 0 Å². The number of nitrogens with one attached hydrogen (secondary N) is 1. The molecule has 0 spiro atoms. The summed E-state index contributed by atoms with van der Waals surface area (Å²) in [6.07, 6.45) is 0.165. The minimum absolute atomic E-state index is 0.165. The standard InChI is InChI=1S/C14H16ClN3O3/c15-10-1-3-11(4-2-10)18-13(19)9-12(14(18)20)16-17-5-7-21-8-6-17/h1-4,12,16H,5-9H2. The normalized spacial score (nSPS) is 23.9. The van der Waals surface area contributed by atoms with Crippen molar-refractivity contribution in [1.82, 2.24) is 10.4 Å². The molecule has 7 heteroatoms. The van der Waals surface area contributed by atoms with Crippen molar-refractivity contribution in [2.45, 2.75) is 12.5 Å². The largest absolute Gasteiger partial charge is 0.379 e. The molecule has 0 bridgehead atoms. The fraction of sp³-hybridized carbons (Fsp3) is 0.429. The van der Waals surface area contributed by atoms with Crippen LogP contribution in [0.4, 0.5) is 5.69 Å². The number of anilines is 1. The highest BCUT2D eigenvalue weighted by Gasteiger charge is 2.40. The van der Waals surface area contributed by atoms with Gasteiger partial charge in [0.05, 0.1) is 25.3 Å². The number of halogens is 1. The zero-order valence-electron chi connectivity index (χ0n) is 11.4. The Labute approximate surface area is 127 Å². The van der Waals surface area contributed by atoms with Gasteiger partial charge in [-0.15, -0.1) is 0 Å². The molecule has 0 saturated carbocycles. The maximum Gasteiger partial charge on any atom is 0.252 e. The minimum atomic E-state index is -0.508. The van der Waals surface area contributed by atoms with Crippen LogP contribution in [0.1, 0.15) is 6.42 Å². The molecule has 2 saturated heterocycles. The van der Waals surface area contributed by atoms with Crippen LogP contribution in [-0.4, -0.2) is 49.2 Å². The molecule has 2 aliphatic heterocycles. The molecule has 0 aliphatic carbocycles. The van der Waals surface area contributed by atoms with Gasteiger partial charge in [0.25, 0.3) is 5.91 Å². The van der Waals surface area contributed by atoms with Crippen molar-refractivity contribution in [3.05, 3.63) is 29.3 Å². The van der Waals surface area contributed by atoms with E-state index in [1.54, 1.807) is 24.3 Å². The highest BCUT2D eigenvalue weighted by Crippen LogP contribution is 2.24. The van der Waals surface area contributed by atoms with E-state index in [0.29, 0.717) is 37.0 Å². The summed E-state index contributed by atoms with van der Waals surface area (Å²) in [5.74, 6) is -0.429. The number of ether oxygens (including phenoxy) is 1. The first-order chi connectivity index (χ1) is 10.1. The fourth-order valence-electron chi connectivity index (χ4n) is 2.51. The Balaban J connectivity index is 1.71. The molecular weight excluding hydrogens is 294 g/mol. The van der Waals surface area contributed by atoms with E-state index in [4.69, 9.17) is 16.3 Å². The highest BCUT2D eigenvalue weighted by atomic mass is 35.5. The molecule has 112 valence electrons. The smallest absolute Gasteiger partial charge is 0.252 e. The van der Waals surface area contributed by atoms with Crippen molar-refractivity contribution < 1.29 is 14.3 Å². The van der Waals surface area contributed by atoms with E-state index in [0.717, 1.165) is 0 Å². The first-order valence-electron chi connectivity index (χ1n) is 6.86. The lowest BCUT2D eigenvalue weighted by Crippen LogP contribution is -2.52. The van der Waals surface area contributed by atoms with Crippen LogP contribution in [0.25, 0.3) is 0 Å². The van der Waals surface area contributed by atoms with Gasteiger partial charge in [-0.2, -0.15) is 0 Å². The van der Waals surface area contributed by atoms with E-state index in [2.05, 4.69) is 5.43 Å². The summed E-state index contributed by atoms with van der Waals surface area (Å²) in [6, 6.07) is 6.18. The van der Waals surface area contributed by atoms with E-state index in [9.17, 15) is 9.59 Å². The molecule has 0 aromatic heterocycles. The molecule has 1 aromatic rings. The zero-order valence-corrected chi connectivity index (χ0v) is 12.2. The van der Waals surface area contributed by atoms with Crippen LogP contribution >= 0.6 is 11.6 Å². The van der Waals surface area contributed by atoms with Gasteiger partial charge in [-0.05, 0) is 24.3 Å². The van der Waals surface area contributed by atoms with Gasteiger partial charge in [0.15, 0.2) is 0 Å². The van der Waals surface area contributed by atoms with Gasteiger partial charge in [0, 0.05) is 18.1 Å². The summed E-state index contributed by atoms with van der Waals surface area (Å²) in [5, 5.41) is 2.51. The van der Waals surface area contributed by atoms with Crippen LogP contribution in [0.2, 0.25) is 5.02 Å². The number of benzene rings is 1. The number of hydrogen-bond donors (Lipinski definition) is 1. The monoisotopic (exact) mass is 309 g/mol. The summed E-state index contributed by atoms with van der Waals surface area (Å²) in [6.45, 7) is 2.67. The highest BCUT2D eigenvalue weighted by molar-refractivity contribution is 6.30. The number of amides is 2. The van der Waals surface area contributed by atoms with Gasteiger partial charge in [-0.3, -0.25) is 9.59 Å². The van der Waals surface area contributed by atoms with Crippen molar-refractivity contribution in [2.75, 3.05) is 31.2 Å². The molecular formula is C14H16ClN3O3. The SMILES string of the molecule is O=C1CC(NN2CCOCC2)C(=O)N1c1ccc(Cl)cc1. The Bertz CT molecular complexity index is 543.